The maximum atomic E-state index is 13.3. The van der Waals surface area contributed by atoms with Gasteiger partial charge in [0.1, 0.15) is 16.7 Å². The van der Waals surface area contributed by atoms with Crippen molar-refractivity contribution in [2.45, 2.75) is 17.4 Å². The van der Waals surface area contributed by atoms with Gasteiger partial charge in [-0.2, -0.15) is 0 Å². The number of methoxy groups -OCH3 is 1. The number of H-pyrrole nitrogens is 1. The molecule has 1 atom stereocenters. The number of primary sulfonamides is 1. The van der Waals surface area contributed by atoms with Crippen molar-refractivity contribution in [3.05, 3.63) is 76.6 Å². The van der Waals surface area contributed by atoms with Crippen molar-refractivity contribution in [1.82, 2.24) is 10.3 Å². The van der Waals surface area contributed by atoms with Gasteiger partial charge in [0.15, 0.2) is 0 Å². The summed E-state index contributed by atoms with van der Waals surface area (Å²) < 4.78 is 28.9. The second-order valence-corrected chi connectivity index (χ2v) is 9.94. The molecule has 0 saturated heterocycles. The lowest BCUT2D eigenvalue weighted by Gasteiger charge is -2.19. The first kappa shape index (κ1) is 23.5. The topological polar surface area (TPSA) is 143 Å². The average molecular weight is 499 g/mol. The number of carbonyl (C=O) groups is 2. The second-order valence-electron chi connectivity index (χ2n) is 7.47. The van der Waals surface area contributed by atoms with E-state index >= 15 is 0 Å². The fourth-order valence-corrected chi connectivity index (χ4v) is 4.92. The van der Waals surface area contributed by atoms with Gasteiger partial charge < -0.3 is 20.4 Å². The standard InChI is InChI=1S/C23H22N4O5S2/c1-32-19-9-8-15(12-21(19)34(24,30)31)26-22(28)18(27-23(29)20-7-4-10-33-20)11-14-13-25-17-6-3-2-5-16(14)17/h2-10,12-13,18,25H,11H2,1H3,(H,26,28)(H,27,29)(H2,24,30,31). The molecule has 11 heteroatoms. The summed E-state index contributed by atoms with van der Waals surface area (Å²) in [6, 6.07) is 14.2. The SMILES string of the molecule is COc1ccc(NC(=O)C(Cc2c[nH]c3ccccc23)NC(=O)c2cccs2)cc1S(N)(=O)=O. The fraction of sp³-hybridized carbons (Fsp3) is 0.130. The Morgan fingerprint density at radius 2 is 1.94 bits per heavy atom. The number of fused-ring (bicyclic) bond motifs is 1. The highest BCUT2D eigenvalue weighted by Gasteiger charge is 2.25. The Bertz CT molecular complexity index is 1450. The van der Waals surface area contributed by atoms with Crippen LogP contribution >= 0.6 is 11.3 Å². The van der Waals surface area contributed by atoms with E-state index in [2.05, 4.69) is 15.6 Å². The predicted molar refractivity (Wildman–Crippen MR) is 131 cm³/mol. The average Bonchev–Trinajstić information content (AvgIpc) is 3.49. The molecule has 0 radical (unpaired) electrons. The van der Waals surface area contributed by atoms with E-state index < -0.39 is 22.0 Å². The van der Waals surface area contributed by atoms with Crippen LogP contribution in [-0.2, 0) is 21.2 Å². The molecule has 0 bridgehead atoms. The summed E-state index contributed by atoms with van der Waals surface area (Å²) >= 11 is 1.26. The van der Waals surface area contributed by atoms with Gasteiger partial charge in [-0.3, -0.25) is 9.59 Å². The molecular formula is C23H22N4O5S2. The third-order valence-electron chi connectivity index (χ3n) is 5.20. The number of aromatic amines is 1. The first-order chi connectivity index (χ1) is 16.3. The maximum absolute atomic E-state index is 13.3. The molecule has 0 spiro atoms. The number of amides is 2. The van der Waals surface area contributed by atoms with E-state index in [0.29, 0.717) is 4.88 Å². The van der Waals surface area contributed by atoms with Crippen LogP contribution < -0.4 is 20.5 Å². The monoisotopic (exact) mass is 498 g/mol. The Morgan fingerprint density at radius 1 is 1.15 bits per heavy atom. The Balaban J connectivity index is 1.63. The third kappa shape index (κ3) is 5.11. The minimum atomic E-state index is -4.09. The number of carbonyl (C=O) groups excluding carboxylic acids is 2. The Hall–Kier alpha value is -3.67. The molecule has 0 aliphatic rings. The summed E-state index contributed by atoms with van der Waals surface area (Å²) in [5.74, 6) is -0.836. The zero-order chi connectivity index (χ0) is 24.3. The van der Waals surface area contributed by atoms with Crippen LogP contribution in [0.5, 0.6) is 5.75 Å². The van der Waals surface area contributed by atoms with Crippen LogP contribution in [0.25, 0.3) is 10.9 Å². The molecule has 0 saturated carbocycles. The van der Waals surface area contributed by atoms with Crippen LogP contribution in [0.3, 0.4) is 0 Å². The van der Waals surface area contributed by atoms with Gasteiger partial charge in [-0.1, -0.05) is 24.3 Å². The molecule has 2 amide bonds. The van der Waals surface area contributed by atoms with E-state index in [1.165, 1.54) is 36.6 Å². The zero-order valence-electron chi connectivity index (χ0n) is 18.1. The van der Waals surface area contributed by atoms with Gasteiger partial charge in [0.05, 0.1) is 12.0 Å². The highest BCUT2D eigenvalue weighted by Crippen LogP contribution is 2.26. The molecule has 34 heavy (non-hydrogen) atoms. The third-order valence-corrected chi connectivity index (χ3v) is 7.00. The van der Waals surface area contributed by atoms with Crippen molar-refractivity contribution in [3.8, 4) is 5.75 Å². The molecule has 176 valence electrons. The van der Waals surface area contributed by atoms with Crippen LogP contribution in [0.1, 0.15) is 15.2 Å². The number of anilines is 1. The van der Waals surface area contributed by atoms with E-state index in [1.54, 1.807) is 23.7 Å². The Kier molecular flexibility index (Phi) is 6.68. The summed E-state index contributed by atoms with van der Waals surface area (Å²) in [6.45, 7) is 0. The number of sulfonamides is 1. The maximum Gasteiger partial charge on any atom is 0.262 e. The predicted octanol–water partition coefficient (Wildman–Crippen LogP) is 2.87. The van der Waals surface area contributed by atoms with Crippen LogP contribution in [0.2, 0.25) is 0 Å². The summed E-state index contributed by atoms with van der Waals surface area (Å²) in [5, 5.41) is 13.5. The number of ether oxygens (including phenoxy) is 1. The van der Waals surface area contributed by atoms with Gasteiger partial charge in [0.25, 0.3) is 5.91 Å². The molecule has 0 aliphatic carbocycles. The van der Waals surface area contributed by atoms with Crippen molar-refractivity contribution < 1.29 is 22.7 Å². The minimum absolute atomic E-state index is 0.0573. The highest BCUT2D eigenvalue weighted by atomic mass is 32.2. The number of thiophene rings is 1. The minimum Gasteiger partial charge on any atom is -0.495 e. The molecule has 5 N–H and O–H groups in total. The molecule has 0 aliphatic heterocycles. The van der Waals surface area contributed by atoms with Gasteiger partial charge in [0.2, 0.25) is 15.9 Å². The second kappa shape index (κ2) is 9.67. The lowest BCUT2D eigenvalue weighted by molar-refractivity contribution is -0.118. The van der Waals surface area contributed by atoms with Crippen molar-refractivity contribution in [2.24, 2.45) is 5.14 Å². The largest absolute Gasteiger partial charge is 0.495 e. The van der Waals surface area contributed by atoms with Crippen molar-refractivity contribution in [3.63, 3.8) is 0 Å². The number of nitrogens with two attached hydrogens (primary N) is 1. The number of aromatic nitrogens is 1. The van der Waals surface area contributed by atoms with Crippen molar-refractivity contribution >= 4 is 49.8 Å². The summed E-state index contributed by atoms with van der Waals surface area (Å²) in [5.41, 5.74) is 1.96. The number of para-hydroxylation sites is 1. The van der Waals surface area contributed by atoms with E-state index in [0.717, 1.165) is 16.5 Å². The molecule has 0 fully saturated rings. The van der Waals surface area contributed by atoms with E-state index in [-0.39, 0.29) is 28.7 Å². The molecule has 2 aromatic heterocycles. The van der Waals surface area contributed by atoms with Crippen molar-refractivity contribution in [1.29, 1.82) is 0 Å². The van der Waals surface area contributed by atoms with Crippen LogP contribution in [0.15, 0.2) is 71.1 Å². The highest BCUT2D eigenvalue weighted by molar-refractivity contribution is 7.89. The van der Waals surface area contributed by atoms with Gasteiger partial charge >= 0.3 is 0 Å². The van der Waals surface area contributed by atoms with E-state index in [9.17, 15) is 18.0 Å². The summed E-state index contributed by atoms with van der Waals surface area (Å²) in [4.78, 5) is 29.4. The van der Waals surface area contributed by atoms with E-state index in [1.807, 2.05) is 24.3 Å². The quantitative estimate of drug-likeness (QED) is 0.295. The molecule has 2 heterocycles. The molecule has 9 nitrogen and oxygen atoms in total. The number of hydrogen-bond acceptors (Lipinski definition) is 6. The number of rotatable bonds is 8. The van der Waals surface area contributed by atoms with Crippen LogP contribution in [0.4, 0.5) is 5.69 Å². The molecule has 2 aromatic carbocycles. The van der Waals surface area contributed by atoms with Gasteiger partial charge in [-0.05, 0) is 41.3 Å². The van der Waals surface area contributed by atoms with Crippen LogP contribution in [-0.4, -0.2) is 38.4 Å². The van der Waals surface area contributed by atoms with Gasteiger partial charge in [0, 0.05) is 29.2 Å². The van der Waals surface area contributed by atoms with Crippen molar-refractivity contribution in [2.75, 3.05) is 12.4 Å². The van der Waals surface area contributed by atoms with Gasteiger partial charge in [-0.25, -0.2) is 13.6 Å². The first-order valence-electron chi connectivity index (χ1n) is 10.2. The summed E-state index contributed by atoms with van der Waals surface area (Å²) in [6.07, 6.45) is 2.01. The summed E-state index contributed by atoms with van der Waals surface area (Å²) in [7, 11) is -2.77. The zero-order valence-corrected chi connectivity index (χ0v) is 19.7. The van der Waals surface area contributed by atoms with E-state index in [4.69, 9.17) is 9.88 Å². The smallest absolute Gasteiger partial charge is 0.262 e. The first-order valence-corrected chi connectivity index (χ1v) is 12.6. The molecule has 4 aromatic rings. The normalized spacial score (nSPS) is 12.3. The fourth-order valence-electron chi connectivity index (χ4n) is 3.57. The lowest BCUT2D eigenvalue weighted by Crippen LogP contribution is -2.45. The molecule has 1 unspecified atom stereocenters. The molecular weight excluding hydrogens is 476 g/mol. The number of benzene rings is 2. The van der Waals surface area contributed by atoms with Crippen LogP contribution in [0, 0.1) is 0 Å². The number of hydrogen-bond donors (Lipinski definition) is 4. The lowest BCUT2D eigenvalue weighted by atomic mass is 10.0. The van der Waals surface area contributed by atoms with Gasteiger partial charge in [-0.15, -0.1) is 11.3 Å². The molecule has 4 rings (SSSR count). The Labute approximate surface area is 200 Å². The Morgan fingerprint density at radius 3 is 2.65 bits per heavy atom. The number of nitrogens with one attached hydrogen (secondary N) is 3.